The molecule has 52 valence electrons. The molecule has 0 saturated heterocycles. The number of aromatic nitrogens is 1. The summed E-state index contributed by atoms with van der Waals surface area (Å²) >= 11 is 1.27. The fraction of sp³-hybridized carbons (Fsp3) is 0.167. The summed E-state index contributed by atoms with van der Waals surface area (Å²) in [5.41, 5.74) is 0.551. The van der Waals surface area contributed by atoms with E-state index in [9.17, 15) is 4.79 Å². The van der Waals surface area contributed by atoms with Crippen molar-refractivity contribution in [1.29, 1.82) is 5.41 Å². The molecule has 1 rings (SSSR count). The molecule has 0 aliphatic heterocycles. The monoisotopic (exact) mass is 154 g/mol. The van der Waals surface area contributed by atoms with E-state index >= 15 is 0 Å². The second kappa shape index (κ2) is 2.70. The highest BCUT2D eigenvalue weighted by Gasteiger charge is 2.02. The Morgan fingerprint density at radius 2 is 2.60 bits per heavy atom. The molecule has 0 aliphatic carbocycles. The number of nitrogens with zero attached hydrogens (tertiary/aromatic N) is 1. The molecule has 4 heteroatoms. The van der Waals surface area contributed by atoms with E-state index in [-0.39, 0.29) is 5.78 Å². The first kappa shape index (κ1) is 7.08. The molecule has 0 amide bonds. The highest BCUT2D eigenvalue weighted by atomic mass is 32.1. The van der Waals surface area contributed by atoms with Crippen LogP contribution in [0.2, 0.25) is 0 Å². The van der Waals surface area contributed by atoms with Crippen molar-refractivity contribution < 1.29 is 4.79 Å². The smallest absolute Gasteiger partial charge is 0.188 e. The van der Waals surface area contributed by atoms with Gasteiger partial charge in [0, 0.05) is 18.5 Å². The SMILES string of the molecule is CC(=O)c1nc(C=N)cs1. The number of rotatable bonds is 2. The molecule has 1 aromatic heterocycles. The molecule has 0 bridgehead atoms. The molecule has 0 atom stereocenters. The molecule has 0 aromatic carbocycles. The fourth-order valence-electron chi connectivity index (χ4n) is 0.514. The van der Waals surface area contributed by atoms with Gasteiger partial charge in [0.1, 0.15) is 0 Å². The van der Waals surface area contributed by atoms with E-state index in [0.29, 0.717) is 10.7 Å². The molecule has 0 radical (unpaired) electrons. The quantitative estimate of drug-likeness (QED) is 0.516. The normalized spacial score (nSPS) is 9.30. The van der Waals surface area contributed by atoms with Gasteiger partial charge in [0.2, 0.25) is 0 Å². The van der Waals surface area contributed by atoms with Crippen molar-refractivity contribution in [3.8, 4) is 0 Å². The Balaban J connectivity index is 2.98. The largest absolute Gasteiger partial charge is 0.306 e. The molecule has 10 heavy (non-hydrogen) atoms. The molecular formula is C6H6N2OS. The van der Waals surface area contributed by atoms with Gasteiger partial charge in [-0.1, -0.05) is 0 Å². The van der Waals surface area contributed by atoms with Gasteiger partial charge in [-0.25, -0.2) is 4.98 Å². The standard InChI is InChI=1S/C6H6N2OS/c1-4(9)6-8-5(2-7)3-10-6/h2-3,7H,1H3. The number of Topliss-reactive ketones (excluding diaryl/α,β-unsaturated/α-hetero) is 1. The minimum absolute atomic E-state index is 0.0434. The zero-order chi connectivity index (χ0) is 7.56. The molecule has 1 heterocycles. The van der Waals surface area contributed by atoms with Gasteiger partial charge in [0.15, 0.2) is 10.8 Å². The van der Waals surface area contributed by atoms with Crippen LogP contribution in [0.5, 0.6) is 0 Å². The maximum absolute atomic E-state index is 10.6. The van der Waals surface area contributed by atoms with Crippen LogP contribution in [-0.4, -0.2) is 17.0 Å². The molecule has 0 fully saturated rings. The van der Waals surface area contributed by atoms with Crippen LogP contribution < -0.4 is 0 Å². The third-order valence-corrected chi connectivity index (χ3v) is 1.93. The van der Waals surface area contributed by atoms with Crippen molar-refractivity contribution in [2.24, 2.45) is 0 Å². The van der Waals surface area contributed by atoms with Crippen molar-refractivity contribution in [3.05, 3.63) is 16.1 Å². The van der Waals surface area contributed by atoms with Crippen LogP contribution >= 0.6 is 11.3 Å². The summed E-state index contributed by atoms with van der Waals surface area (Å²) < 4.78 is 0. The van der Waals surface area contributed by atoms with Gasteiger partial charge >= 0.3 is 0 Å². The summed E-state index contributed by atoms with van der Waals surface area (Å²) in [5, 5.41) is 8.96. The van der Waals surface area contributed by atoms with E-state index in [0.717, 1.165) is 6.21 Å². The van der Waals surface area contributed by atoms with Crippen LogP contribution in [0.1, 0.15) is 22.4 Å². The summed E-state index contributed by atoms with van der Waals surface area (Å²) in [6.07, 6.45) is 1.13. The van der Waals surface area contributed by atoms with Crippen LogP contribution in [-0.2, 0) is 0 Å². The Hall–Kier alpha value is -1.03. The number of thiazole rings is 1. The molecule has 0 unspecified atom stereocenters. The van der Waals surface area contributed by atoms with Gasteiger partial charge in [-0.3, -0.25) is 4.79 Å². The lowest BCUT2D eigenvalue weighted by molar-refractivity contribution is 0.101. The number of carbonyl (C=O) groups is 1. The van der Waals surface area contributed by atoms with Crippen LogP contribution in [0.4, 0.5) is 0 Å². The lowest BCUT2D eigenvalue weighted by Gasteiger charge is -1.80. The number of ketones is 1. The van der Waals surface area contributed by atoms with Crippen molar-refractivity contribution >= 4 is 23.3 Å². The Bertz CT molecular complexity index is 266. The molecule has 1 N–H and O–H groups in total. The van der Waals surface area contributed by atoms with Gasteiger partial charge in [0.05, 0.1) is 5.69 Å². The topological polar surface area (TPSA) is 53.8 Å². The van der Waals surface area contributed by atoms with Crippen molar-refractivity contribution in [2.45, 2.75) is 6.92 Å². The first-order chi connectivity index (χ1) is 4.74. The first-order valence-corrected chi connectivity index (χ1v) is 3.59. The highest BCUT2D eigenvalue weighted by molar-refractivity contribution is 7.11. The summed E-state index contributed by atoms with van der Waals surface area (Å²) in [6, 6.07) is 0. The summed E-state index contributed by atoms with van der Waals surface area (Å²) in [7, 11) is 0. The first-order valence-electron chi connectivity index (χ1n) is 2.71. The van der Waals surface area contributed by atoms with Crippen LogP contribution in [0, 0.1) is 5.41 Å². The Morgan fingerprint density at radius 1 is 1.90 bits per heavy atom. The Labute approximate surface area is 62.2 Å². The molecule has 0 saturated carbocycles. The van der Waals surface area contributed by atoms with E-state index in [1.165, 1.54) is 18.3 Å². The third-order valence-electron chi connectivity index (χ3n) is 0.971. The second-order valence-corrected chi connectivity index (χ2v) is 2.64. The maximum Gasteiger partial charge on any atom is 0.188 e. The minimum atomic E-state index is -0.0434. The summed E-state index contributed by atoms with van der Waals surface area (Å²) in [5.74, 6) is -0.0434. The van der Waals surface area contributed by atoms with Crippen molar-refractivity contribution in [2.75, 3.05) is 0 Å². The molecule has 1 aromatic rings. The van der Waals surface area contributed by atoms with Crippen LogP contribution in [0.15, 0.2) is 5.38 Å². The van der Waals surface area contributed by atoms with Gasteiger partial charge in [-0.2, -0.15) is 0 Å². The zero-order valence-corrected chi connectivity index (χ0v) is 6.23. The second-order valence-electron chi connectivity index (χ2n) is 1.78. The van der Waals surface area contributed by atoms with Gasteiger partial charge in [-0.15, -0.1) is 11.3 Å². The molecule has 3 nitrogen and oxygen atoms in total. The number of carbonyl (C=O) groups excluding carboxylic acids is 1. The van der Waals surface area contributed by atoms with E-state index in [2.05, 4.69) is 4.98 Å². The van der Waals surface area contributed by atoms with E-state index in [1.807, 2.05) is 0 Å². The predicted octanol–water partition coefficient (Wildman–Crippen LogP) is 1.34. The fourth-order valence-corrected chi connectivity index (χ4v) is 1.19. The number of hydrogen-bond donors (Lipinski definition) is 1. The van der Waals surface area contributed by atoms with Crippen molar-refractivity contribution in [1.82, 2.24) is 4.98 Å². The maximum atomic E-state index is 10.6. The Kier molecular flexibility index (Phi) is 1.91. The predicted molar refractivity (Wildman–Crippen MR) is 40.0 cm³/mol. The number of nitrogens with one attached hydrogen (secondary N) is 1. The average Bonchev–Trinajstić information content (AvgIpc) is 2.34. The zero-order valence-electron chi connectivity index (χ0n) is 5.42. The van der Waals surface area contributed by atoms with Crippen LogP contribution in [0.25, 0.3) is 0 Å². The van der Waals surface area contributed by atoms with E-state index in [1.54, 1.807) is 5.38 Å². The summed E-state index contributed by atoms with van der Waals surface area (Å²) in [4.78, 5) is 14.5. The highest BCUT2D eigenvalue weighted by Crippen LogP contribution is 2.07. The lowest BCUT2D eigenvalue weighted by atomic mass is 10.5. The summed E-state index contributed by atoms with van der Waals surface area (Å²) in [6.45, 7) is 1.46. The third kappa shape index (κ3) is 1.27. The van der Waals surface area contributed by atoms with Gasteiger partial charge < -0.3 is 5.41 Å². The molecular weight excluding hydrogens is 148 g/mol. The lowest BCUT2D eigenvalue weighted by Crippen LogP contribution is -1.90. The molecule has 0 spiro atoms. The average molecular weight is 154 g/mol. The number of hydrogen-bond acceptors (Lipinski definition) is 4. The van der Waals surface area contributed by atoms with Gasteiger partial charge in [0.25, 0.3) is 0 Å². The van der Waals surface area contributed by atoms with E-state index < -0.39 is 0 Å². The molecule has 0 aliphatic rings. The van der Waals surface area contributed by atoms with Crippen LogP contribution in [0.3, 0.4) is 0 Å². The minimum Gasteiger partial charge on any atom is -0.306 e. The van der Waals surface area contributed by atoms with E-state index in [4.69, 9.17) is 5.41 Å². The van der Waals surface area contributed by atoms with Gasteiger partial charge in [-0.05, 0) is 0 Å². The van der Waals surface area contributed by atoms with Crippen molar-refractivity contribution in [3.63, 3.8) is 0 Å². The Morgan fingerprint density at radius 3 is 2.90 bits per heavy atom.